The maximum absolute atomic E-state index is 11.2. The van der Waals surface area contributed by atoms with Crippen molar-refractivity contribution in [1.82, 2.24) is 4.90 Å². The molecule has 0 bridgehead atoms. The lowest BCUT2D eigenvalue weighted by atomic mass is 10.1. The Morgan fingerprint density at radius 3 is 3.07 bits per heavy atom. The molecule has 0 spiro atoms. The smallest absolute Gasteiger partial charge is 0.146 e. The standard InChI is InChI=1S/C11H19NO2/c13-10-3-1-6-12(9-10)7-5-11-4-2-8-14-11/h11H,1-9H2. The van der Waals surface area contributed by atoms with Gasteiger partial charge in [-0.3, -0.25) is 9.69 Å². The maximum Gasteiger partial charge on any atom is 0.146 e. The molecule has 0 aromatic heterocycles. The number of piperidine rings is 1. The molecule has 2 fully saturated rings. The normalized spacial score (nSPS) is 29.7. The Labute approximate surface area is 85.4 Å². The summed E-state index contributed by atoms with van der Waals surface area (Å²) in [4.78, 5) is 13.5. The molecule has 1 unspecified atom stereocenters. The minimum Gasteiger partial charge on any atom is -0.378 e. The number of carbonyl (C=O) groups excluding carboxylic acids is 1. The minimum atomic E-state index is 0.406. The zero-order chi connectivity index (χ0) is 9.80. The van der Waals surface area contributed by atoms with Crippen LogP contribution in [0.3, 0.4) is 0 Å². The molecule has 2 rings (SSSR count). The van der Waals surface area contributed by atoms with Crippen molar-refractivity contribution in [2.75, 3.05) is 26.2 Å². The van der Waals surface area contributed by atoms with E-state index in [0.717, 1.165) is 39.0 Å². The predicted molar refractivity (Wildman–Crippen MR) is 54.3 cm³/mol. The minimum absolute atomic E-state index is 0.406. The highest BCUT2D eigenvalue weighted by atomic mass is 16.5. The van der Waals surface area contributed by atoms with Gasteiger partial charge in [-0.1, -0.05) is 0 Å². The largest absolute Gasteiger partial charge is 0.378 e. The lowest BCUT2D eigenvalue weighted by Gasteiger charge is -2.26. The second kappa shape index (κ2) is 4.89. The van der Waals surface area contributed by atoms with Gasteiger partial charge in [0.1, 0.15) is 5.78 Å². The zero-order valence-electron chi connectivity index (χ0n) is 8.71. The van der Waals surface area contributed by atoms with E-state index >= 15 is 0 Å². The first-order valence-electron chi connectivity index (χ1n) is 5.70. The molecule has 3 nitrogen and oxygen atoms in total. The molecule has 2 heterocycles. The highest BCUT2D eigenvalue weighted by molar-refractivity contribution is 5.81. The third-order valence-corrected chi connectivity index (χ3v) is 3.12. The highest BCUT2D eigenvalue weighted by Gasteiger charge is 2.20. The molecule has 80 valence electrons. The van der Waals surface area contributed by atoms with Crippen LogP contribution in [0, 0.1) is 0 Å². The first kappa shape index (κ1) is 10.1. The van der Waals surface area contributed by atoms with Crippen LogP contribution in [0.25, 0.3) is 0 Å². The summed E-state index contributed by atoms with van der Waals surface area (Å²) in [5.41, 5.74) is 0. The van der Waals surface area contributed by atoms with Crippen molar-refractivity contribution in [3.8, 4) is 0 Å². The second-order valence-corrected chi connectivity index (χ2v) is 4.34. The third kappa shape index (κ3) is 2.79. The molecule has 0 aromatic rings. The monoisotopic (exact) mass is 197 g/mol. The van der Waals surface area contributed by atoms with Crippen LogP contribution in [0.1, 0.15) is 32.1 Å². The Bertz CT molecular complexity index is 199. The van der Waals surface area contributed by atoms with Crippen LogP contribution in [-0.2, 0) is 9.53 Å². The van der Waals surface area contributed by atoms with Gasteiger partial charge >= 0.3 is 0 Å². The van der Waals surface area contributed by atoms with Gasteiger partial charge in [-0.15, -0.1) is 0 Å². The van der Waals surface area contributed by atoms with Crippen LogP contribution in [0.5, 0.6) is 0 Å². The van der Waals surface area contributed by atoms with Crippen molar-refractivity contribution in [3.63, 3.8) is 0 Å². The van der Waals surface area contributed by atoms with Crippen LogP contribution in [-0.4, -0.2) is 43.0 Å². The maximum atomic E-state index is 11.2. The zero-order valence-corrected chi connectivity index (χ0v) is 8.71. The number of hydrogen-bond donors (Lipinski definition) is 0. The van der Waals surface area contributed by atoms with Crippen molar-refractivity contribution < 1.29 is 9.53 Å². The highest BCUT2D eigenvalue weighted by Crippen LogP contribution is 2.16. The van der Waals surface area contributed by atoms with Gasteiger partial charge in [0.15, 0.2) is 0 Å². The van der Waals surface area contributed by atoms with Gasteiger partial charge in [-0.05, 0) is 32.2 Å². The van der Waals surface area contributed by atoms with Crippen LogP contribution < -0.4 is 0 Å². The molecule has 14 heavy (non-hydrogen) atoms. The van der Waals surface area contributed by atoms with Crippen LogP contribution in [0.2, 0.25) is 0 Å². The summed E-state index contributed by atoms with van der Waals surface area (Å²) in [5, 5.41) is 0. The summed E-state index contributed by atoms with van der Waals surface area (Å²) in [6.07, 6.45) is 5.83. The number of likely N-dealkylation sites (tertiary alicyclic amines) is 1. The molecule has 0 radical (unpaired) electrons. The van der Waals surface area contributed by atoms with E-state index in [2.05, 4.69) is 4.90 Å². The number of rotatable bonds is 3. The molecule has 0 amide bonds. The number of nitrogens with zero attached hydrogens (tertiary/aromatic N) is 1. The number of carbonyl (C=O) groups is 1. The summed E-state index contributed by atoms with van der Waals surface area (Å²) in [6.45, 7) is 3.74. The molecule has 2 aliphatic rings. The fourth-order valence-electron chi connectivity index (χ4n) is 2.30. The molecule has 2 aliphatic heterocycles. The second-order valence-electron chi connectivity index (χ2n) is 4.34. The molecule has 0 saturated carbocycles. The van der Waals surface area contributed by atoms with E-state index in [9.17, 15) is 4.79 Å². The quantitative estimate of drug-likeness (QED) is 0.681. The number of ether oxygens (including phenoxy) is 1. The van der Waals surface area contributed by atoms with E-state index < -0.39 is 0 Å². The molecule has 3 heteroatoms. The van der Waals surface area contributed by atoms with E-state index in [1.165, 1.54) is 12.8 Å². The fraction of sp³-hybridized carbons (Fsp3) is 0.909. The topological polar surface area (TPSA) is 29.5 Å². The van der Waals surface area contributed by atoms with Crippen molar-refractivity contribution in [2.45, 2.75) is 38.2 Å². The Balaban J connectivity index is 1.66. The molecule has 2 saturated heterocycles. The summed E-state index contributed by atoms with van der Waals surface area (Å²) >= 11 is 0. The first-order chi connectivity index (χ1) is 6.84. The third-order valence-electron chi connectivity index (χ3n) is 3.12. The molecule has 0 N–H and O–H groups in total. The summed E-state index contributed by atoms with van der Waals surface area (Å²) in [6, 6.07) is 0. The van der Waals surface area contributed by atoms with Crippen molar-refractivity contribution >= 4 is 5.78 Å². The van der Waals surface area contributed by atoms with Crippen molar-refractivity contribution in [2.24, 2.45) is 0 Å². The Kier molecular flexibility index (Phi) is 3.54. The molecule has 0 aliphatic carbocycles. The number of ketones is 1. The van der Waals surface area contributed by atoms with Gasteiger partial charge in [-0.2, -0.15) is 0 Å². The average molecular weight is 197 g/mol. The van der Waals surface area contributed by atoms with Crippen LogP contribution >= 0.6 is 0 Å². The fourth-order valence-corrected chi connectivity index (χ4v) is 2.30. The van der Waals surface area contributed by atoms with Crippen molar-refractivity contribution in [1.29, 1.82) is 0 Å². The Morgan fingerprint density at radius 1 is 1.43 bits per heavy atom. The van der Waals surface area contributed by atoms with Gasteiger partial charge in [0, 0.05) is 19.6 Å². The van der Waals surface area contributed by atoms with Crippen LogP contribution in [0.15, 0.2) is 0 Å². The Morgan fingerprint density at radius 2 is 2.36 bits per heavy atom. The first-order valence-corrected chi connectivity index (χ1v) is 5.70. The van der Waals surface area contributed by atoms with Crippen molar-refractivity contribution in [3.05, 3.63) is 0 Å². The lowest BCUT2D eigenvalue weighted by Crippen LogP contribution is -2.37. The van der Waals surface area contributed by atoms with E-state index in [1.54, 1.807) is 0 Å². The molecule has 1 atom stereocenters. The lowest BCUT2D eigenvalue weighted by molar-refractivity contribution is -0.122. The molecule has 0 aromatic carbocycles. The van der Waals surface area contributed by atoms with Gasteiger partial charge < -0.3 is 4.74 Å². The van der Waals surface area contributed by atoms with E-state index in [0.29, 0.717) is 18.4 Å². The van der Waals surface area contributed by atoms with Gasteiger partial charge in [0.05, 0.1) is 12.6 Å². The number of hydrogen-bond acceptors (Lipinski definition) is 3. The summed E-state index contributed by atoms with van der Waals surface area (Å²) < 4.78 is 5.56. The van der Waals surface area contributed by atoms with Gasteiger partial charge in [0.25, 0.3) is 0 Å². The summed E-state index contributed by atoms with van der Waals surface area (Å²) in [7, 11) is 0. The molecular formula is C11H19NO2. The Hall–Kier alpha value is -0.410. The predicted octanol–water partition coefficient (Wildman–Crippen LogP) is 1.22. The van der Waals surface area contributed by atoms with Crippen LogP contribution in [0.4, 0.5) is 0 Å². The molecular weight excluding hydrogens is 178 g/mol. The van der Waals surface area contributed by atoms with E-state index in [4.69, 9.17) is 4.74 Å². The number of Topliss-reactive ketones (excluding diaryl/α,β-unsaturated/α-hetero) is 1. The average Bonchev–Trinajstić information content (AvgIpc) is 2.67. The van der Waals surface area contributed by atoms with E-state index in [-0.39, 0.29) is 0 Å². The summed E-state index contributed by atoms with van der Waals surface area (Å²) in [5.74, 6) is 0.406. The van der Waals surface area contributed by atoms with Gasteiger partial charge in [-0.25, -0.2) is 0 Å². The SMILES string of the molecule is O=C1CCCN(CCC2CCCO2)C1. The van der Waals surface area contributed by atoms with Gasteiger partial charge in [0.2, 0.25) is 0 Å². The van der Waals surface area contributed by atoms with E-state index in [1.807, 2.05) is 0 Å².